The fourth-order valence-electron chi connectivity index (χ4n) is 2.23. The molecule has 2 N–H and O–H groups in total. The van der Waals surface area contributed by atoms with Gasteiger partial charge in [-0.05, 0) is 25.3 Å². The van der Waals surface area contributed by atoms with E-state index >= 15 is 0 Å². The van der Waals surface area contributed by atoms with Gasteiger partial charge in [0.25, 0.3) is 0 Å². The Hall–Kier alpha value is -2.19. The molecule has 0 saturated heterocycles. The van der Waals surface area contributed by atoms with Crippen molar-refractivity contribution >= 4 is 28.6 Å². The molecule has 0 atom stereocenters. The Morgan fingerprint density at radius 3 is 2.88 bits per heavy atom. The smallest absolute Gasteiger partial charge is 0.236 e. The molecule has 3 heterocycles. The maximum absolute atomic E-state index is 5.52. The summed E-state index contributed by atoms with van der Waals surface area (Å²) in [5.41, 5.74) is 1.93. The summed E-state index contributed by atoms with van der Waals surface area (Å²) in [7, 11) is 0. The first-order valence-corrected chi connectivity index (χ1v) is 9.92. The van der Waals surface area contributed by atoms with E-state index in [1.165, 1.54) is 0 Å². The first kappa shape index (κ1) is 17.6. The molecule has 0 radical (unpaired) electrons. The minimum atomic E-state index is 0.472. The van der Waals surface area contributed by atoms with Crippen molar-refractivity contribution in [3.8, 4) is 10.8 Å². The van der Waals surface area contributed by atoms with Crippen LogP contribution in [0, 0.1) is 6.92 Å². The van der Waals surface area contributed by atoms with Crippen LogP contribution in [0.2, 0.25) is 0 Å². The number of thiazole rings is 1. The fraction of sp³-hybridized carbons (Fsp3) is 0.353. The van der Waals surface area contributed by atoms with Crippen molar-refractivity contribution in [1.82, 2.24) is 20.6 Å². The summed E-state index contributed by atoms with van der Waals surface area (Å²) < 4.78 is 5.52. The normalized spacial score (nSPS) is 11.7. The van der Waals surface area contributed by atoms with Crippen molar-refractivity contribution in [1.29, 1.82) is 0 Å². The monoisotopic (exact) mass is 375 g/mol. The van der Waals surface area contributed by atoms with Gasteiger partial charge < -0.3 is 15.1 Å². The lowest BCUT2D eigenvalue weighted by Gasteiger charge is -2.10. The summed E-state index contributed by atoms with van der Waals surface area (Å²) in [6, 6.07) is 3.98. The van der Waals surface area contributed by atoms with Crippen LogP contribution in [0.5, 0.6) is 0 Å². The van der Waals surface area contributed by atoms with Gasteiger partial charge in [-0.25, -0.2) is 15.0 Å². The second kappa shape index (κ2) is 8.77. The molecule has 0 aliphatic heterocycles. The van der Waals surface area contributed by atoms with Crippen LogP contribution >= 0.6 is 22.7 Å². The highest BCUT2D eigenvalue weighted by Crippen LogP contribution is 2.23. The molecule has 25 heavy (non-hydrogen) atoms. The largest absolute Gasteiger partial charge is 0.443 e. The lowest BCUT2D eigenvalue weighted by Crippen LogP contribution is -2.38. The van der Waals surface area contributed by atoms with Gasteiger partial charge in [-0.2, -0.15) is 0 Å². The van der Waals surface area contributed by atoms with Gasteiger partial charge in [-0.3, -0.25) is 0 Å². The van der Waals surface area contributed by atoms with E-state index in [4.69, 9.17) is 4.42 Å². The molecule has 0 saturated carbocycles. The molecular weight excluding hydrogens is 354 g/mol. The molecule has 0 unspecified atom stereocenters. The highest BCUT2D eigenvalue weighted by molar-refractivity contribution is 7.13. The third-order valence-corrected chi connectivity index (χ3v) is 5.05. The standard InChI is InChI=1S/C17H21N5OS2/c1-3-18-17(19-7-6-13-11-25-12(2)21-13)20-9-14-10-23-16(22-14)15-5-4-8-24-15/h4-5,8,10-11H,3,6-7,9H2,1-2H3,(H2,18,19,20). The Morgan fingerprint density at radius 1 is 1.24 bits per heavy atom. The van der Waals surface area contributed by atoms with E-state index in [1.807, 2.05) is 31.4 Å². The van der Waals surface area contributed by atoms with Crippen LogP contribution in [-0.4, -0.2) is 29.0 Å². The maximum atomic E-state index is 5.52. The van der Waals surface area contributed by atoms with Crippen molar-refractivity contribution in [2.24, 2.45) is 4.99 Å². The van der Waals surface area contributed by atoms with E-state index in [-0.39, 0.29) is 0 Å². The summed E-state index contributed by atoms with van der Waals surface area (Å²) in [6.45, 7) is 6.14. The fourth-order valence-corrected chi connectivity index (χ4v) is 3.53. The highest BCUT2D eigenvalue weighted by atomic mass is 32.1. The molecule has 8 heteroatoms. The maximum Gasteiger partial charge on any atom is 0.236 e. The van der Waals surface area contributed by atoms with Crippen molar-refractivity contribution in [2.45, 2.75) is 26.8 Å². The van der Waals surface area contributed by atoms with Crippen LogP contribution < -0.4 is 10.6 Å². The van der Waals surface area contributed by atoms with Crippen LogP contribution in [0.3, 0.4) is 0 Å². The van der Waals surface area contributed by atoms with Crippen molar-refractivity contribution in [2.75, 3.05) is 13.1 Å². The number of nitrogens with zero attached hydrogens (tertiary/aromatic N) is 3. The molecule has 0 bridgehead atoms. The van der Waals surface area contributed by atoms with Crippen LogP contribution in [0.15, 0.2) is 38.6 Å². The van der Waals surface area contributed by atoms with Crippen molar-refractivity contribution < 1.29 is 4.42 Å². The summed E-state index contributed by atoms with van der Waals surface area (Å²) in [6.07, 6.45) is 2.54. The number of oxazole rings is 1. The molecule has 0 fully saturated rings. The summed E-state index contributed by atoms with van der Waals surface area (Å²) >= 11 is 3.29. The highest BCUT2D eigenvalue weighted by Gasteiger charge is 2.07. The van der Waals surface area contributed by atoms with Crippen LogP contribution in [-0.2, 0) is 13.0 Å². The topological polar surface area (TPSA) is 75.3 Å². The zero-order valence-electron chi connectivity index (χ0n) is 14.3. The molecular formula is C17H21N5OS2. The van der Waals surface area contributed by atoms with Crippen molar-refractivity contribution in [3.63, 3.8) is 0 Å². The molecule has 0 amide bonds. The first-order chi connectivity index (χ1) is 12.2. The number of hydrogen-bond donors (Lipinski definition) is 2. The molecule has 0 aromatic carbocycles. The van der Waals surface area contributed by atoms with E-state index in [2.05, 4.69) is 31.0 Å². The van der Waals surface area contributed by atoms with Gasteiger partial charge in [0.05, 0.1) is 22.1 Å². The Morgan fingerprint density at radius 2 is 2.16 bits per heavy atom. The summed E-state index contributed by atoms with van der Waals surface area (Å²) in [5.74, 6) is 1.42. The number of aromatic nitrogens is 2. The quantitative estimate of drug-likeness (QED) is 0.488. The zero-order valence-corrected chi connectivity index (χ0v) is 15.9. The van der Waals surface area contributed by atoms with Crippen LogP contribution in [0.4, 0.5) is 0 Å². The predicted octanol–water partition coefficient (Wildman–Crippen LogP) is 3.47. The molecule has 0 spiro atoms. The second-order valence-corrected chi connectivity index (χ2v) is 7.36. The van der Waals surface area contributed by atoms with Gasteiger partial charge in [0.2, 0.25) is 5.89 Å². The van der Waals surface area contributed by atoms with E-state index in [1.54, 1.807) is 28.9 Å². The Balaban J connectivity index is 1.54. The molecule has 3 aromatic heterocycles. The Bertz CT molecular complexity index is 807. The third kappa shape index (κ3) is 5.14. The number of nitrogens with one attached hydrogen (secondary N) is 2. The Kier molecular flexibility index (Phi) is 6.19. The van der Waals surface area contributed by atoms with E-state index in [0.717, 1.165) is 46.7 Å². The second-order valence-electron chi connectivity index (χ2n) is 5.35. The summed E-state index contributed by atoms with van der Waals surface area (Å²) in [4.78, 5) is 14.6. The van der Waals surface area contributed by atoms with E-state index in [9.17, 15) is 0 Å². The molecule has 0 aliphatic rings. The molecule has 3 rings (SSSR count). The van der Waals surface area contributed by atoms with E-state index in [0.29, 0.717) is 12.4 Å². The molecule has 0 aliphatic carbocycles. The van der Waals surface area contributed by atoms with Crippen LogP contribution in [0.1, 0.15) is 23.3 Å². The van der Waals surface area contributed by atoms with Gasteiger partial charge in [-0.1, -0.05) is 6.07 Å². The number of aliphatic imine (C=N–C) groups is 1. The van der Waals surface area contributed by atoms with E-state index < -0.39 is 0 Å². The number of hydrogen-bond acceptors (Lipinski definition) is 6. The van der Waals surface area contributed by atoms with Gasteiger partial charge in [-0.15, -0.1) is 22.7 Å². The number of thiophene rings is 1. The van der Waals surface area contributed by atoms with Gasteiger partial charge in [0.15, 0.2) is 5.96 Å². The first-order valence-electron chi connectivity index (χ1n) is 8.16. The van der Waals surface area contributed by atoms with Crippen molar-refractivity contribution in [3.05, 3.63) is 45.6 Å². The average Bonchev–Trinajstić information content (AvgIpc) is 3.34. The minimum Gasteiger partial charge on any atom is -0.443 e. The predicted molar refractivity (Wildman–Crippen MR) is 103 cm³/mol. The van der Waals surface area contributed by atoms with Gasteiger partial charge >= 0.3 is 0 Å². The zero-order chi connectivity index (χ0) is 17.5. The number of rotatable bonds is 7. The molecule has 132 valence electrons. The average molecular weight is 376 g/mol. The van der Waals surface area contributed by atoms with Gasteiger partial charge in [0.1, 0.15) is 12.0 Å². The molecule has 3 aromatic rings. The summed E-state index contributed by atoms with van der Waals surface area (Å²) in [5, 5.41) is 11.8. The number of guanidine groups is 1. The molecule has 6 nitrogen and oxygen atoms in total. The Labute approximate surface area is 155 Å². The third-order valence-electron chi connectivity index (χ3n) is 3.37. The lowest BCUT2D eigenvalue weighted by molar-refractivity contribution is 0.574. The van der Waals surface area contributed by atoms with Crippen LogP contribution in [0.25, 0.3) is 10.8 Å². The minimum absolute atomic E-state index is 0.472. The lowest BCUT2D eigenvalue weighted by atomic mass is 10.3. The SMILES string of the molecule is CCNC(=NCc1coc(-c2cccs2)n1)NCCc1csc(C)n1. The van der Waals surface area contributed by atoms with Gasteiger partial charge in [0, 0.05) is 24.9 Å². The number of aryl methyl sites for hydroxylation is 1.